The van der Waals surface area contributed by atoms with Crippen molar-refractivity contribution < 1.29 is 8.42 Å². The van der Waals surface area contributed by atoms with E-state index < -0.39 is 10.0 Å². The molecule has 0 unspecified atom stereocenters. The predicted octanol–water partition coefficient (Wildman–Crippen LogP) is -0.266. The van der Waals surface area contributed by atoms with Gasteiger partial charge in [-0.2, -0.15) is 4.31 Å². The lowest BCUT2D eigenvalue weighted by atomic mass is 10.3. The first-order valence-electron chi connectivity index (χ1n) is 5.86. The van der Waals surface area contributed by atoms with E-state index in [0.29, 0.717) is 13.1 Å². The van der Waals surface area contributed by atoms with E-state index in [9.17, 15) is 8.42 Å². The third-order valence-corrected chi connectivity index (χ3v) is 5.21. The summed E-state index contributed by atoms with van der Waals surface area (Å²) in [4.78, 5) is 4.43. The van der Waals surface area contributed by atoms with Crippen LogP contribution < -0.4 is 0 Å². The van der Waals surface area contributed by atoms with Gasteiger partial charge in [0, 0.05) is 45.1 Å². The van der Waals surface area contributed by atoms with Crippen LogP contribution in [0.15, 0.2) is 0 Å². The first-order chi connectivity index (χ1) is 7.95. The van der Waals surface area contributed by atoms with Gasteiger partial charge in [0.1, 0.15) is 0 Å². The third-order valence-electron chi connectivity index (χ3n) is 2.92. The summed E-state index contributed by atoms with van der Waals surface area (Å²) in [7, 11) is 0.962. The Labute approximate surface area is 109 Å². The average molecular weight is 284 g/mol. The van der Waals surface area contributed by atoms with Crippen molar-refractivity contribution in [1.82, 2.24) is 14.1 Å². The maximum absolute atomic E-state index is 11.8. The van der Waals surface area contributed by atoms with Crippen molar-refractivity contribution in [3.8, 4) is 0 Å². The van der Waals surface area contributed by atoms with Crippen LogP contribution in [0.4, 0.5) is 0 Å². The van der Waals surface area contributed by atoms with Crippen molar-refractivity contribution in [2.75, 3.05) is 65.0 Å². The van der Waals surface area contributed by atoms with Crippen molar-refractivity contribution in [3.63, 3.8) is 0 Å². The molecular weight excluding hydrogens is 262 g/mol. The summed E-state index contributed by atoms with van der Waals surface area (Å²) >= 11 is 5.50. The van der Waals surface area contributed by atoms with Crippen LogP contribution in [0.2, 0.25) is 0 Å². The number of likely N-dealkylation sites (N-methyl/N-ethyl adjacent to an activating group) is 1. The minimum Gasteiger partial charge on any atom is -0.308 e. The fourth-order valence-electron chi connectivity index (χ4n) is 1.80. The highest BCUT2D eigenvalue weighted by atomic mass is 35.5. The van der Waals surface area contributed by atoms with Crippen LogP contribution in [0.1, 0.15) is 0 Å². The largest absolute Gasteiger partial charge is 0.308 e. The molecule has 0 N–H and O–H groups in total. The average Bonchev–Trinajstić information content (AvgIpc) is 2.27. The first-order valence-corrected chi connectivity index (χ1v) is 8.01. The van der Waals surface area contributed by atoms with Crippen LogP contribution in [0.5, 0.6) is 0 Å². The van der Waals surface area contributed by atoms with Crippen molar-refractivity contribution in [2.24, 2.45) is 0 Å². The van der Waals surface area contributed by atoms with Crippen molar-refractivity contribution in [1.29, 1.82) is 0 Å². The Balaban J connectivity index is 2.35. The number of rotatable bonds is 6. The summed E-state index contributed by atoms with van der Waals surface area (Å²) in [6, 6.07) is 0. The molecule has 1 fully saturated rings. The summed E-state index contributed by atoms with van der Waals surface area (Å²) in [5.74, 6) is 0.218. The lowest BCUT2D eigenvalue weighted by Gasteiger charge is -2.34. The molecule has 1 saturated heterocycles. The Kier molecular flexibility index (Phi) is 6.16. The molecule has 102 valence electrons. The molecule has 0 saturated carbocycles. The first kappa shape index (κ1) is 15.2. The molecule has 1 heterocycles. The van der Waals surface area contributed by atoms with Gasteiger partial charge in [0.25, 0.3) is 0 Å². The second-order valence-corrected chi connectivity index (χ2v) is 7.02. The minimum absolute atomic E-state index is 0.0479. The fourth-order valence-corrected chi connectivity index (χ4v) is 3.56. The minimum atomic E-state index is -3.12. The van der Waals surface area contributed by atoms with Gasteiger partial charge in [-0.25, -0.2) is 8.42 Å². The lowest BCUT2D eigenvalue weighted by molar-refractivity contribution is 0.175. The molecular formula is C10H22ClN3O2S. The maximum atomic E-state index is 11.8. The highest BCUT2D eigenvalue weighted by molar-refractivity contribution is 7.89. The SMILES string of the molecule is CN(C)CCN1CCN(S(=O)(=O)CCCl)CC1. The van der Waals surface area contributed by atoms with Gasteiger partial charge in [-0.15, -0.1) is 11.6 Å². The van der Waals surface area contributed by atoms with Gasteiger partial charge < -0.3 is 4.90 Å². The summed E-state index contributed by atoms with van der Waals surface area (Å²) in [5.41, 5.74) is 0. The Morgan fingerprint density at radius 2 is 1.76 bits per heavy atom. The third kappa shape index (κ3) is 5.09. The van der Waals surface area contributed by atoms with E-state index in [2.05, 4.69) is 9.80 Å². The summed E-state index contributed by atoms with van der Waals surface area (Å²) < 4.78 is 25.1. The lowest BCUT2D eigenvalue weighted by Crippen LogP contribution is -2.50. The highest BCUT2D eigenvalue weighted by Crippen LogP contribution is 2.08. The molecule has 0 amide bonds. The fraction of sp³-hybridized carbons (Fsp3) is 1.00. The van der Waals surface area contributed by atoms with E-state index in [1.807, 2.05) is 14.1 Å². The van der Waals surface area contributed by atoms with Crippen LogP contribution in [0.25, 0.3) is 0 Å². The van der Waals surface area contributed by atoms with Crippen molar-refractivity contribution >= 4 is 21.6 Å². The smallest absolute Gasteiger partial charge is 0.215 e. The quantitative estimate of drug-likeness (QED) is 0.630. The number of halogens is 1. The van der Waals surface area contributed by atoms with E-state index in [1.165, 1.54) is 0 Å². The predicted molar refractivity (Wildman–Crippen MR) is 71.1 cm³/mol. The summed E-state index contributed by atoms with van der Waals surface area (Å²) in [6.07, 6.45) is 0. The molecule has 0 aromatic heterocycles. The van der Waals surface area contributed by atoms with Gasteiger partial charge in [0.05, 0.1) is 5.75 Å². The van der Waals surface area contributed by atoms with Gasteiger partial charge in [-0.3, -0.25) is 4.90 Å². The summed E-state index contributed by atoms with van der Waals surface area (Å²) in [5, 5.41) is 0. The monoisotopic (exact) mass is 283 g/mol. The van der Waals surface area contributed by atoms with Crippen LogP contribution >= 0.6 is 11.6 Å². The standard InChI is InChI=1S/C10H22ClN3O2S/c1-12(2)4-5-13-6-8-14(9-7-13)17(15,16)10-3-11/h3-10H2,1-2H3. The molecule has 7 heteroatoms. The maximum Gasteiger partial charge on any atom is 0.215 e. The molecule has 0 aliphatic carbocycles. The Morgan fingerprint density at radius 3 is 2.24 bits per heavy atom. The number of hydrogen-bond donors (Lipinski definition) is 0. The van der Waals surface area contributed by atoms with E-state index in [-0.39, 0.29) is 11.6 Å². The molecule has 0 aromatic rings. The van der Waals surface area contributed by atoms with Gasteiger partial charge >= 0.3 is 0 Å². The van der Waals surface area contributed by atoms with Crippen LogP contribution in [-0.2, 0) is 10.0 Å². The number of alkyl halides is 1. The molecule has 1 aliphatic rings. The second-order valence-electron chi connectivity index (χ2n) is 4.55. The topological polar surface area (TPSA) is 43.9 Å². The van der Waals surface area contributed by atoms with Crippen LogP contribution in [0, 0.1) is 0 Å². The van der Waals surface area contributed by atoms with E-state index in [4.69, 9.17) is 11.6 Å². The number of hydrogen-bond acceptors (Lipinski definition) is 4. The van der Waals surface area contributed by atoms with Gasteiger partial charge in [0.2, 0.25) is 10.0 Å². The molecule has 5 nitrogen and oxygen atoms in total. The molecule has 1 rings (SSSR count). The Hall–Kier alpha value is 0.120. The van der Waals surface area contributed by atoms with Gasteiger partial charge in [-0.05, 0) is 14.1 Å². The van der Waals surface area contributed by atoms with Crippen molar-refractivity contribution in [3.05, 3.63) is 0 Å². The number of sulfonamides is 1. The molecule has 17 heavy (non-hydrogen) atoms. The molecule has 1 aliphatic heterocycles. The van der Waals surface area contributed by atoms with Gasteiger partial charge in [0.15, 0.2) is 0 Å². The number of nitrogens with zero attached hydrogens (tertiary/aromatic N) is 3. The Morgan fingerprint density at radius 1 is 1.18 bits per heavy atom. The molecule has 0 bridgehead atoms. The van der Waals surface area contributed by atoms with E-state index >= 15 is 0 Å². The normalized spacial score (nSPS) is 20.0. The zero-order valence-corrected chi connectivity index (χ0v) is 12.2. The van der Waals surface area contributed by atoms with E-state index in [0.717, 1.165) is 26.2 Å². The molecule has 0 aromatic carbocycles. The number of piperazine rings is 1. The van der Waals surface area contributed by atoms with Crippen LogP contribution in [-0.4, -0.2) is 87.5 Å². The molecule has 0 atom stereocenters. The molecule has 0 spiro atoms. The van der Waals surface area contributed by atoms with Gasteiger partial charge in [-0.1, -0.05) is 0 Å². The zero-order chi connectivity index (χ0) is 12.9. The van der Waals surface area contributed by atoms with Crippen molar-refractivity contribution in [2.45, 2.75) is 0 Å². The van der Waals surface area contributed by atoms with E-state index in [1.54, 1.807) is 4.31 Å². The van der Waals surface area contributed by atoms with Crippen LogP contribution in [0.3, 0.4) is 0 Å². The summed E-state index contributed by atoms with van der Waals surface area (Å²) in [6.45, 7) is 4.81. The second kappa shape index (κ2) is 6.89. The highest BCUT2D eigenvalue weighted by Gasteiger charge is 2.25. The Bertz CT molecular complexity index is 314. The molecule has 0 radical (unpaired) electrons. The zero-order valence-electron chi connectivity index (χ0n) is 10.6.